The molecular formula is C21H22ClN5O3. The van der Waals surface area contributed by atoms with Crippen LogP contribution in [0.3, 0.4) is 0 Å². The predicted molar refractivity (Wildman–Crippen MR) is 112 cm³/mol. The molecule has 8 nitrogen and oxygen atoms in total. The Morgan fingerprint density at radius 2 is 2.20 bits per heavy atom. The molecule has 0 saturated carbocycles. The second-order valence-electron chi connectivity index (χ2n) is 7.21. The number of carbonyl (C=O) groups excluding carboxylic acids is 1. The molecule has 0 radical (unpaired) electrons. The van der Waals surface area contributed by atoms with Crippen LogP contribution < -0.4 is 15.7 Å². The van der Waals surface area contributed by atoms with E-state index in [1.165, 1.54) is 11.8 Å². The number of aromatic nitrogens is 4. The molecule has 2 aromatic heterocycles. The van der Waals surface area contributed by atoms with Gasteiger partial charge in [0.1, 0.15) is 11.6 Å². The van der Waals surface area contributed by atoms with Crippen LogP contribution in [0.4, 0.5) is 0 Å². The minimum absolute atomic E-state index is 0.0749. The molecule has 3 heterocycles. The van der Waals surface area contributed by atoms with Crippen molar-refractivity contribution in [3.05, 3.63) is 75.2 Å². The summed E-state index contributed by atoms with van der Waals surface area (Å²) in [5, 5.41) is 8.01. The lowest BCUT2D eigenvalue weighted by Gasteiger charge is -2.17. The molecule has 3 aromatic rings. The Morgan fingerprint density at radius 1 is 1.33 bits per heavy atom. The maximum absolute atomic E-state index is 12.8. The molecule has 1 aromatic carbocycles. The van der Waals surface area contributed by atoms with Crippen LogP contribution in [0.15, 0.2) is 47.5 Å². The standard InChI is InChI=1S/C21H22ClN5O3/c1-30-18-6-4-15(22)11-17(18)20(28)24-16-5-7-19-25-27(21(29)26(19)10-8-16)13-14-3-2-9-23-12-14/h2-4,6,9,11-12,16H,5,7-8,10,13H2,1H3,(H,24,28). The Balaban J connectivity index is 1.45. The van der Waals surface area contributed by atoms with Crippen LogP contribution in [0, 0.1) is 0 Å². The van der Waals surface area contributed by atoms with Crippen LogP contribution in [0.5, 0.6) is 5.75 Å². The van der Waals surface area contributed by atoms with Gasteiger partial charge in [0.25, 0.3) is 5.91 Å². The Labute approximate surface area is 178 Å². The van der Waals surface area contributed by atoms with Crippen LogP contribution in [-0.2, 0) is 19.5 Å². The van der Waals surface area contributed by atoms with Crippen molar-refractivity contribution in [2.45, 2.75) is 38.4 Å². The van der Waals surface area contributed by atoms with Gasteiger partial charge in [-0.3, -0.25) is 14.3 Å². The van der Waals surface area contributed by atoms with Gasteiger partial charge in [-0.1, -0.05) is 17.7 Å². The zero-order valence-electron chi connectivity index (χ0n) is 16.5. The average molecular weight is 428 g/mol. The normalized spacial score (nSPS) is 15.9. The SMILES string of the molecule is COc1ccc(Cl)cc1C(=O)NC1CCc2nn(Cc3cccnc3)c(=O)n2CC1. The van der Waals surface area contributed by atoms with E-state index in [9.17, 15) is 9.59 Å². The number of methoxy groups -OCH3 is 1. The highest BCUT2D eigenvalue weighted by molar-refractivity contribution is 6.31. The number of benzene rings is 1. The summed E-state index contributed by atoms with van der Waals surface area (Å²) < 4.78 is 8.44. The number of hydrogen-bond acceptors (Lipinski definition) is 5. The maximum atomic E-state index is 12.8. The zero-order valence-corrected chi connectivity index (χ0v) is 17.3. The van der Waals surface area contributed by atoms with Gasteiger partial charge in [-0.2, -0.15) is 5.10 Å². The van der Waals surface area contributed by atoms with Crippen LogP contribution in [0.2, 0.25) is 5.02 Å². The number of pyridine rings is 1. The molecule has 1 N–H and O–H groups in total. The first-order valence-electron chi connectivity index (χ1n) is 9.75. The molecule has 0 saturated heterocycles. The van der Waals surface area contributed by atoms with Gasteiger partial charge in [-0.25, -0.2) is 9.48 Å². The number of hydrogen-bond donors (Lipinski definition) is 1. The molecule has 1 aliphatic heterocycles. The lowest BCUT2D eigenvalue weighted by Crippen LogP contribution is -2.36. The second kappa shape index (κ2) is 8.71. The van der Waals surface area contributed by atoms with Gasteiger partial charge in [0.15, 0.2) is 0 Å². The van der Waals surface area contributed by atoms with Crippen molar-refractivity contribution < 1.29 is 9.53 Å². The molecule has 1 aliphatic rings. The summed E-state index contributed by atoms with van der Waals surface area (Å²) in [6.45, 7) is 0.889. The summed E-state index contributed by atoms with van der Waals surface area (Å²) in [5.41, 5.74) is 1.18. The number of aryl methyl sites for hydroxylation is 1. The van der Waals surface area contributed by atoms with E-state index in [2.05, 4.69) is 15.4 Å². The smallest absolute Gasteiger partial charge is 0.346 e. The van der Waals surface area contributed by atoms with Gasteiger partial charge in [-0.15, -0.1) is 0 Å². The fourth-order valence-electron chi connectivity index (χ4n) is 3.66. The van der Waals surface area contributed by atoms with Crippen molar-refractivity contribution in [3.63, 3.8) is 0 Å². The van der Waals surface area contributed by atoms with E-state index < -0.39 is 0 Å². The van der Waals surface area contributed by atoms with Gasteiger partial charge in [-0.05, 0) is 42.7 Å². The van der Waals surface area contributed by atoms with Crippen molar-refractivity contribution in [2.24, 2.45) is 0 Å². The van der Waals surface area contributed by atoms with Crippen LogP contribution in [-0.4, -0.2) is 38.4 Å². The second-order valence-corrected chi connectivity index (χ2v) is 7.65. The Bertz CT molecular complexity index is 1110. The molecule has 1 unspecified atom stereocenters. The first-order valence-corrected chi connectivity index (χ1v) is 10.1. The summed E-state index contributed by atoms with van der Waals surface area (Å²) in [7, 11) is 1.52. The van der Waals surface area contributed by atoms with Crippen molar-refractivity contribution in [1.82, 2.24) is 24.6 Å². The van der Waals surface area contributed by atoms with Gasteiger partial charge in [0, 0.05) is 36.4 Å². The molecule has 4 rings (SSSR count). The van der Waals surface area contributed by atoms with E-state index >= 15 is 0 Å². The summed E-state index contributed by atoms with van der Waals surface area (Å²) >= 11 is 6.04. The number of fused-ring (bicyclic) bond motifs is 1. The van der Waals surface area contributed by atoms with Gasteiger partial charge in [0.2, 0.25) is 0 Å². The molecule has 0 fully saturated rings. The summed E-state index contributed by atoms with van der Waals surface area (Å²) in [4.78, 5) is 29.6. The third-order valence-corrected chi connectivity index (χ3v) is 5.45. The topological polar surface area (TPSA) is 91.0 Å². The summed E-state index contributed by atoms with van der Waals surface area (Å²) in [6.07, 6.45) is 5.36. The number of nitrogens with one attached hydrogen (secondary N) is 1. The van der Waals surface area contributed by atoms with Crippen molar-refractivity contribution >= 4 is 17.5 Å². The Morgan fingerprint density at radius 3 is 2.97 bits per heavy atom. The predicted octanol–water partition coefficient (Wildman–Crippen LogP) is 2.29. The highest BCUT2D eigenvalue weighted by atomic mass is 35.5. The molecule has 156 valence electrons. The molecule has 30 heavy (non-hydrogen) atoms. The Hall–Kier alpha value is -3.13. The van der Waals surface area contributed by atoms with E-state index in [4.69, 9.17) is 16.3 Å². The highest BCUT2D eigenvalue weighted by Gasteiger charge is 2.23. The van der Waals surface area contributed by atoms with E-state index in [0.29, 0.717) is 48.7 Å². The van der Waals surface area contributed by atoms with Gasteiger partial charge >= 0.3 is 5.69 Å². The maximum Gasteiger partial charge on any atom is 0.346 e. The molecule has 1 amide bonds. The average Bonchev–Trinajstić information content (AvgIpc) is 2.91. The van der Waals surface area contributed by atoms with Crippen LogP contribution in [0.1, 0.15) is 34.6 Å². The molecule has 0 bridgehead atoms. The van der Waals surface area contributed by atoms with E-state index in [0.717, 1.165) is 11.4 Å². The van der Waals surface area contributed by atoms with Gasteiger partial charge < -0.3 is 10.1 Å². The Kier molecular flexibility index (Phi) is 5.85. The van der Waals surface area contributed by atoms with E-state index in [1.54, 1.807) is 35.2 Å². The molecule has 0 aliphatic carbocycles. The lowest BCUT2D eigenvalue weighted by atomic mass is 10.1. The summed E-state index contributed by atoms with van der Waals surface area (Å²) in [5.74, 6) is 0.964. The number of amides is 1. The third-order valence-electron chi connectivity index (χ3n) is 5.21. The molecular weight excluding hydrogens is 406 g/mol. The zero-order chi connectivity index (χ0) is 21.1. The fourth-order valence-corrected chi connectivity index (χ4v) is 3.83. The third kappa shape index (κ3) is 4.23. The van der Waals surface area contributed by atoms with Crippen LogP contribution in [0.25, 0.3) is 0 Å². The number of rotatable bonds is 5. The van der Waals surface area contributed by atoms with Crippen molar-refractivity contribution in [1.29, 1.82) is 0 Å². The lowest BCUT2D eigenvalue weighted by molar-refractivity contribution is 0.0930. The van der Waals surface area contributed by atoms with Crippen molar-refractivity contribution in [3.8, 4) is 5.75 Å². The minimum Gasteiger partial charge on any atom is -0.496 e. The highest BCUT2D eigenvalue weighted by Crippen LogP contribution is 2.23. The van der Waals surface area contributed by atoms with Crippen molar-refractivity contribution in [2.75, 3.05) is 7.11 Å². The largest absolute Gasteiger partial charge is 0.496 e. The van der Waals surface area contributed by atoms with Crippen LogP contribution >= 0.6 is 11.6 Å². The minimum atomic E-state index is -0.243. The quantitative estimate of drug-likeness (QED) is 0.674. The number of nitrogens with zero attached hydrogens (tertiary/aromatic N) is 4. The van der Waals surface area contributed by atoms with E-state index in [-0.39, 0.29) is 17.6 Å². The number of halogens is 1. The first kappa shape index (κ1) is 20.2. The number of ether oxygens (including phenoxy) is 1. The number of carbonyl (C=O) groups is 1. The summed E-state index contributed by atoms with van der Waals surface area (Å²) in [6, 6.07) is 8.62. The fraction of sp³-hybridized carbons (Fsp3) is 0.333. The molecule has 0 spiro atoms. The van der Waals surface area contributed by atoms with Gasteiger partial charge in [0.05, 0.1) is 19.2 Å². The van der Waals surface area contributed by atoms with E-state index in [1.807, 2.05) is 12.1 Å². The first-order chi connectivity index (χ1) is 14.5. The molecule has 1 atom stereocenters. The molecule has 9 heteroatoms. The monoisotopic (exact) mass is 427 g/mol.